The Hall–Kier alpha value is -4.24. The average molecular weight is 787 g/mol. The highest BCUT2D eigenvalue weighted by Crippen LogP contribution is 2.29. The Balaban J connectivity index is 2.15. The summed E-state index contributed by atoms with van der Waals surface area (Å²) in [5, 5.41) is 21.0. The Morgan fingerprint density at radius 3 is 2.16 bits per heavy atom. The third-order valence-electron chi connectivity index (χ3n) is 10.9. The number of carbonyl (C=O) groups excluding carboxylic acids is 6. The minimum absolute atomic E-state index is 0.0249. The van der Waals surface area contributed by atoms with Crippen LogP contribution in [0.1, 0.15) is 104 Å². The lowest BCUT2D eigenvalue weighted by Gasteiger charge is -2.36. The molecular formula is C41H66N6O9. The second-order valence-corrected chi connectivity index (χ2v) is 15.8. The number of cyclic esters (lactones) is 1. The molecule has 56 heavy (non-hydrogen) atoms. The molecule has 1 aliphatic carbocycles. The molecule has 2 aliphatic rings. The highest BCUT2D eigenvalue weighted by Gasteiger charge is 2.41. The van der Waals surface area contributed by atoms with Gasteiger partial charge in [-0.05, 0) is 75.0 Å². The van der Waals surface area contributed by atoms with E-state index in [0.29, 0.717) is 31.4 Å². The second-order valence-electron chi connectivity index (χ2n) is 15.8. The maximum absolute atomic E-state index is 14.9. The van der Waals surface area contributed by atoms with E-state index >= 15 is 0 Å². The van der Waals surface area contributed by atoms with Gasteiger partial charge in [-0.25, -0.2) is 0 Å². The maximum Gasteiger partial charge on any atom is 0.325 e. The first-order chi connectivity index (χ1) is 26.7. The Morgan fingerprint density at radius 1 is 0.893 bits per heavy atom. The number of hydrogen-bond acceptors (Lipinski definition) is 10. The Kier molecular flexibility index (Phi) is 19.0. The van der Waals surface area contributed by atoms with Crippen molar-refractivity contribution < 1.29 is 43.3 Å². The fraction of sp³-hybridized carbons (Fsp3) is 0.707. The Labute approximate surface area is 331 Å². The molecule has 1 aromatic carbocycles. The van der Waals surface area contributed by atoms with Gasteiger partial charge in [0.15, 0.2) is 0 Å². The van der Waals surface area contributed by atoms with Gasteiger partial charge in [0, 0.05) is 13.6 Å². The van der Waals surface area contributed by atoms with Crippen LogP contribution in [-0.4, -0.2) is 109 Å². The number of unbranched alkanes of at least 4 members (excludes halogenated alkanes) is 3. The first kappa shape index (κ1) is 46.1. The van der Waals surface area contributed by atoms with Crippen molar-refractivity contribution in [3.05, 3.63) is 29.8 Å². The van der Waals surface area contributed by atoms with Crippen LogP contribution in [0, 0.1) is 17.8 Å². The molecule has 0 radical (unpaired) electrons. The predicted molar refractivity (Wildman–Crippen MR) is 211 cm³/mol. The normalized spacial score (nSPS) is 26.2. The number of aliphatic hydroxyl groups is 1. The molecule has 7 N–H and O–H groups in total. The van der Waals surface area contributed by atoms with Gasteiger partial charge < -0.3 is 46.5 Å². The molecule has 15 heteroatoms. The lowest BCUT2D eigenvalue weighted by molar-refractivity contribution is -0.158. The summed E-state index contributed by atoms with van der Waals surface area (Å²) in [6, 6.07) is 2.39. The van der Waals surface area contributed by atoms with E-state index in [1.165, 1.54) is 11.8 Å². The third kappa shape index (κ3) is 13.7. The zero-order valence-electron chi connectivity index (χ0n) is 34.1. The fourth-order valence-corrected chi connectivity index (χ4v) is 7.56. The molecule has 1 heterocycles. The van der Waals surface area contributed by atoms with E-state index in [4.69, 9.17) is 15.2 Å². The Bertz CT molecular complexity index is 1450. The number of nitrogens with two attached hydrogens (primary N) is 1. The molecule has 1 aliphatic heterocycles. The van der Waals surface area contributed by atoms with Gasteiger partial charge in [0.05, 0.1) is 19.1 Å². The van der Waals surface area contributed by atoms with Crippen LogP contribution in [0.25, 0.3) is 0 Å². The SMILES string of the molecule is CCCCCC[C@H]1OC(=O)CNC(=O)[C@H](C(C)O)NC(=O)[C@H](CN)NC(=O)[C@H](C2CCCCC2)NC(=O)[C@H](CC(C)C)N(C)C(=O)[C@@H]1Cc1ccc(OC)cc1. The number of esters is 1. The monoisotopic (exact) mass is 786 g/mol. The number of aliphatic hydroxyl groups excluding tert-OH is 1. The zero-order valence-corrected chi connectivity index (χ0v) is 34.1. The summed E-state index contributed by atoms with van der Waals surface area (Å²) in [6.07, 6.45) is 5.91. The van der Waals surface area contributed by atoms with Gasteiger partial charge in [0.25, 0.3) is 0 Å². The molecule has 0 aromatic heterocycles. The van der Waals surface area contributed by atoms with Crippen molar-refractivity contribution in [2.24, 2.45) is 23.5 Å². The third-order valence-corrected chi connectivity index (χ3v) is 10.9. The number of rotatable bonds is 13. The number of amides is 5. The number of benzene rings is 1. The summed E-state index contributed by atoms with van der Waals surface area (Å²) in [7, 11) is 3.12. The maximum atomic E-state index is 14.9. The molecule has 314 valence electrons. The molecule has 1 saturated carbocycles. The topological polar surface area (TPSA) is 218 Å². The lowest BCUT2D eigenvalue weighted by atomic mass is 9.83. The number of nitrogens with zero attached hydrogens (tertiary/aromatic N) is 1. The van der Waals surface area contributed by atoms with Gasteiger partial charge in [-0.1, -0.05) is 71.4 Å². The predicted octanol–water partition coefficient (Wildman–Crippen LogP) is 2.11. The van der Waals surface area contributed by atoms with Crippen LogP contribution in [0.3, 0.4) is 0 Å². The van der Waals surface area contributed by atoms with Crippen LogP contribution in [0.5, 0.6) is 5.75 Å². The molecule has 15 nitrogen and oxygen atoms in total. The smallest absolute Gasteiger partial charge is 0.325 e. The van der Waals surface area contributed by atoms with Crippen molar-refractivity contribution in [1.29, 1.82) is 0 Å². The average Bonchev–Trinajstić information content (AvgIpc) is 3.18. The number of nitrogens with one attached hydrogen (secondary N) is 4. The minimum atomic E-state index is -1.50. The van der Waals surface area contributed by atoms with Gasteiger partial charge in [-0.2, -0.15) is 0 Å². The first-order valence-corrected chi connectivity index (χ1v) is 20.4. The fourth-order valence-electron chi connectivity index (χ4n) is 7.56. The number of methoxy groups -OCH3 is 1. The van der Waals surface area contributed by atoms with Crippen molar-refractivity contribution in [3.63, 3.8) is 0 Å². The molecular weight excluding hydrogens is 720 g/mol. The van der Waals surface area contributed by atoms with E-state index in [9.17, 15) is 33.9 Å². The van der Waals surface area contributed by atoms with Gasteiger partial charge >= 0.3 is 5.97 Å². The van der Waals surface area contributed by atoms with E-state index in [2.05, 4.69) is 28.2 Å². The highest BCUT2D eigenvalue weighted by molar-refractivity contribution is 5.96. The summed E-state index contributed by atoms with van der Waals surface area (Å²) < 4.78 is 11.4. The molecule has 1 saturated heterocycles. The standard InChI is InChI=1S/C41H66N6O9/c1-7-8-9-13-16-33-30(22-27-17-19-29(55-6)20-18-27)41(54)47(5)32(21-25(2)3)38(51)46-36(28-14-11-10-12-15-28)40(53)44-31(23-42)37(50)45-35(26(4)48)39(52)43-24-34(49)56-33/h17-20,25-26,28,30-33,35-36,48H,7-16,21-24,42H2,1-6H3,(H,43,52)(H,44,53)(H,45,50)(H,46,51)/t26?,30-,31+,32+,33-,35+,36+/m1/s1. The molecule has 0 bridgehead atoms. The van der Waals surface area contributed by atoms with Gasteiger partial charge in [0.2, 0.25) is 29.5 Å². The van der Waals surface area contributed by atoms with Crippen LogP contribution in [0.4, 0.5) is 0 Å². The van der Waals surface area contributed by atoms with E-state index in [-0.39, 0.29) is 31.2 Å². The van der Waals surface area contributed by atoms with E-state index in [1.807, 2.05) is 26.0 Å². The van der Waals surface area contributed by atoms with Crippen LogP contribution in [0.15, 0.2) is 24.3 Å². The van der Waals surface area contributed by atoms with E-state index in [0.717, 1.165) is 44.1 Å². The first-order valence-electron chi connectivity index (χ1n) is 20.4. The van der Waals surface area contributed by atoms with Gasteiger partial charge in [-0.3, -0.25) is 28.8 Å². The second kappa shape index (κ2) is 23.1. The molecule has 0 spiro atoms. The van der Waals surface area contributed by atoms with Crippen molar-refractivity contribution in [2.75, 3.05) is 27.2 Å². The van der Waals surface area contributed by atoms with Gasteiger partial charge in [0.1, 0.15) is 42.6 Å². The largest absolute Gasteiger partial charge is 0.497 e. The number of carbonyl (C=O) groups is 6. The van der Waals surface area contributed by atoms with Crippen LogP contribution >= 0.6 is 0 Å². The molecule has 2 fully saturated rings. The van der Waals surface area contributed by atoms with Crippen molar-refractivity contribution >= 4 is 35.5 Å². The molecule has 1 aromatic rings. The van der Waals surface area contributed by atoms with Crippen molar-refractivity contribution in [2.45, 2.75) is 141 Å². The number of ether oxygens (including phenoxy) is 2. The van der Waals surface area contributed by atoms with Crippen LogP contribution in [-0.2, 0) is 39.9 Å². The Morgan fingerprint density at radius 2 is 1.57 bits per heavy atom. The number of likely N-dealkylation sites (N-methyl/N-ethyl adjacent to an activating group) is 1. The summed E-state index contributed by atoms with van der Waals surface area (Å²) in [5.74, 6) is -4.62. The molecule has 3 rings (SSSR count). The highest BCUT2D eigenvalue weighted by atomic mass is 16.5. The summed E-state index contributed by atoms with van der Waals surface area (Å²) in [4.78, 5) is 85.1. The lowest BCUT2D eigenvalue weighted by Crippen LogP contribution is -2.62. The van der Waals surface area contributed by atoms with E-state index in [1.54, 1.807) is 26.3 Å². The van der Waals surface area contributed by atoms with Gasteiger partial charge in [-0.15, -0.1) is 0 Å². The zero-order chi connectivity index (χ0) is 41.4. The van der Waals surface area contributed by atoms with E-state index < -0.39 is 84.3 Å². The quantitative estimate of drug-likeness (QED) is 0.126. The molecule has 5 amide bonds. The minimum Gasteiger partial charge on any atom is -0.497 e. The molecule has 7 atom stereocenters. The summed E-state index contributed by atoms with van der Waals surface area (Å²) >= 11 is 0. The van der Waals surface area contributed by atoms with Crippen LogP contribution in [0.2, 0.25) is 0 Å². The summed E-state index contributed by atoms with van der Waals surface area (Å²) in [5.41, 5.74) is 6.72. The van der Waals surface area contributed by atoms with Crippen molar-refractivity contribution in [1.82, 2.24) is 26.2 Å². The summed E-state index contributed by atoms with van der Waals surface area (Å²) in [6.45, 7) is 6.31. The van der Waals surface area contributed by atoms with Crippen molar-refractivity contribution in [3.8, 4) is 5.75 Å². The number of hydrogen-bond donors (Lipinski definition) is 6. The van der Waals surface area contributed by atoms with Crippen LogP contribution < -0.4 is 31.7 Å². The molecule has 1 unspecified atom stereocenters.